The summed E-state index contributed by atoms with van der Waals surface area (Å²) < 4.78 is 0. The van der Waals surface area contributed by atoms with Crippen molar-refractivity contribution in [2.45, 2.75) is 0 Å². The van der Waals surface area contributed by atoms with Crippen molar-refractivity contribution in [3.63, 3.8) is 0 Å². The Labute approximate surface area is 128 Å². The van der Waals surface area contributed by atoms with Gasteiger partial charge in [-0.1, -0.05) is 36.0 Å². The molecule has 102 valence electrons. The molecule has 0 saturated heterocycles. The highest BCUT2D eigenvalue weighted by Crippen LogP contribution is 2.21. The summed E-state index contributed by atoms with van der Waals surface area (Å²) in [6, 6.07) is 14.0. The van der Waals surface area contributed by atoms with Gasteiger partial charge in [0.05, 0.1) is 5.69 Å². The molecule has 3 nitrogen and oxygen atoms in total. The zero-order chi connectivity index (χ0) is 14.7. The number of amides is 1. The highest BCUT2D eigenvalue weighted by Gasteiger charge is 2.16. The number of thiocarbonyl (C=S) groups is 1. The number of carbonyl (C=O) groups excluding carboxylic acids is 1. The molecular weight excluding hydrogens is 292 g/mol. The summed E-state index contributed by atoms with van der Waals surface area (Å²) in [5.41, 5.74) is 7.59. The Morgan fingerprint density at radius 3 is 2.35 bits per heavy atom. The van der Waals surface area contributed by atoms with Gasteiger partial charge in [-0.05, 0) is 36.4 Å². The Morgan fingerprint density at radius 2 is 1.75 bits per heavy atom. The molecule has 0 aliphatic carbocycles. The van der Waals surface area contributed by atoms with E-state index in [9.17, 15) is 4.79 Å². The summed E-state index contributed by atoms with van der Waals surface area (Å²) >= 11 is 10.8. The van der Waals surface area contributed by atoms with Crippen molar-refractivity contribution in [3.8, 4) is 0 Å². The van der Waals surface area contributed by atoms with E-state index in [4.69, 9.17) is 29.6 Å². The summed E-state index contributed by atoms with van der Waals surface area (Å²) in [7, 11) is 1.69. The largest absolute Gasteiger partial charge is 0.389 e. The molecule has 0 saturated carbocycles. The van der Waals surface area contributed by atoms with Crippen molar-refractivity contribution in [3.05, 3.63) is 64.7 Å². The molecular formula is C15H13ClN2OS. The molecule has 20 heavy (non-hydrogen) atoms. The SMILES string of the molecule is CN(C(=O)c1ccc(Cl)cc1)c1ccccc1C(N)=S. The van der Waals surface area contributed by atoms with Gasteiger partial charge in [-0.3, -0.25) is 4.79 Å². The topological polar surface area (TPSA) is 46.3 Å². The number of carbonyl (C=O) groups is 1. The van der Waals surface area contributed by atoms with E-state index in [1.807, 2.05) is 18.2 Å². The molecule has 0 unspecified atom stereocenters. The molecule has 2 aromatic carbocycles. The Bertz CT molecular complexity index is 655. The maximum absolute atomic E-state index is 12.4. The van der Waals surface area contributed by atoms with Gasteiger partial charge in [-0.25, -0.2) is 0 Å². The van der Waals surface area contributed by atoms with Crippen LogP contribution in [0, 0.1) is 0 Å². The van der Waals surface area contributed by atoms with Gasteiger partial charge in [0.25, 0.3) is 5.91 Å². The smallest absolute Gasteiger partial charge is 0.258 e. The predicted octanol–water partition coefficient (Wildman–Crippen LogP) is 3.25. The van der Waals surface area contributed by atoms with Gasteiger partial charge in [-0.15, -0.1) is 0 Å². The fourth-order valence-electron chi connectivity index (χ4n) is 1.87. The zero-order valence-corrected chi connectivity index (χ0v) is 12.4. The highest BCUT2D eigenvalue weighted by atomic mass is 35.5. The Morgan fingerprint density at radius 1 is 1.15 bits per heavy atom. The average Bonchev–Trinajstić information content (AvgIpc) is 2.46. The third kappa shape index (κ3) is 2.98. The van der Waals surface area contributed by atoms with Crippen LogP contribution in [0.2, 0.25) is 5.02 Å². The van der Waals surface area contributed by atoms with Crippen LogP contribution in [-0.2, 0) is 0 Å². The number of para-hydroxylation sites is 1. The van der Waals surface area contributed by atoms with E-state index in [0.29, 0.717) is 21.8 Å². The van der Waals surface area contributed by atoms with Crippen molar-refractivity contribution < 1.29 is 4.79 Å². The summed E-state index contributed by atoms with van der Waals surface area (Å²) in [6.07, 6.45) is 0. The quantitative estimate of drug-likeness (QED) is 0.885. The van der Waals surface area contributed by atoms with Gasteiger partial charge in [0, 0.05) is 23.2 Å². The number of hydrogen-bond acceptors (Lipinski definition) is 2. The van der Waals surface area contributed by atoms with Crippen LogP contribution in [0.5, 0.6) is 0 Å². The molecule has 0 aromatic heterocycles. The van der Waals surface area contributed by atoms with Gasteiger partial charge in [0.1, 0.15) is 4.99 Å². The number of nitrogens with two attached hydrogens (primary N) is 1. The number of rotatable bonds is 3. The molecule has 0 heterocycles. The van der Waals surface area contributed by atoms with Crippen LogP contribution in [0.25, 0.3) is 0 Å². The second-order valence-corrected chi connectivity index (χ2v) is 5.13. The first-order chi connectivity index (χ1) is 9.50. The number of halogens is 1. The van der Waals surface area contributed by atoms with Gasteiger partial charge in [0.15, 0.2) is 0 Å². The lowest BCUT2D eigenvalue weighted by Crippen LogP contribution is -2.28. The van der Waals surface area contributed by atoms with Crippen LogP contribution in [0.4, 0.5) is 5.69 Å². The lowest BCUT2D eigenvalue weighted by atomic mass is 10.1. The van der Waals surface area contributed by atoms with Crippen molar-refractivity contribution in [2.24, 2.45) is 5.73 Å². The first-order valence-corrected chi connectivity index (χ1v) is 6.72. The number of hydrogen-bond donors (Lipinski definition) is 1. The minimum absolute atomic E-state index is 0.148. The molecule has 5 heteroatoms. The van der Waals surface area contributed by atoms with E-state index in [2.05, 4.69) is 0 Å². The van der Waals surface area contributed by atoms with Crippen molar-refractivity contribution >= 4 is 40.4 Å². The molecule has 0 aliphatic heterocycles. The molecule has 0 radical (unpaired) electrons. The van der Waals surface area contributed by atoms with Gasteiger partial charge in [0.2, 0.25) is 0 Å². The fraction of sp³-hybridized carbons (Fsp3) is 0.0667. The van der Waals surface area contributed by atoms with E-state index in [1.165, 1.54) is 4.90 Å². The van der Waals surface area contributed by atoms with Crippen LogP contribution in [0.3, 0.4) is 0 Å². The summed E-state index contributed by atoms with van der Waals surface area (Å²) in [4.78, 5) is 14.2. The lowest BCUT2D eigenvalue weighted by molar-refractivity contribution is 0.0993. The second kappa shape index (κ2) is 6.03. The molecule has 0 bridgehead atoms. The van der Waals surface area contributed by atoms with E-state index in [1.54, 1.807) is 37.4 Å². The Kier molecular flexibility index (Phi) is 4.37. The minimum atomic E-state index is -0.148. The predicted molar refractivity (Wildman–Crippen MR) is 86.5 cm³/mol. The fourth-order valence-corrected chi connectivity index (χ4v) is 2.17. The number of nitrogens with zero attached hydrogens (tertiary/aromatic N) is 1. The van der Waals surface area contributed by atoms with Crippen LogP contribution in [0.1, 0.15) is 15.9 Å². The van der Waals surface area contributed by atoms with Crippen LogP contribution in [-0.4, -0.2) is 17.9 Å². The molecule has 0 aliphatic rings. The molecule has 1 amide bonds. The van der Waals surface area contributed by atoms with Crippen LogP contribution in [0.15, 0.2) is 48.5 Å². The molecule has 0 spiro atoms. The lowest BCUT2D eigenvalue weighted by Gasteiger charge is -2.20. The summed E-state index contributed by atoms with van der Waals surface area (Å²) in [6.45, 7) is 0. The molecule has 2 rings (SSSR count). The normalized spacial score (nSPS) is 10.1. The summed E-state index contributed by atoms with van der Waals surface area (Å²) in [5, 5.41) is 0.590. The molecule has 2 aromatic rings. The maximum Gasteiger partial charge on any atom is 0.258 e. The molecule has 0 fully saturated rings. The molecule has 2 N–H and O–H groups in total. The van der Waals surface area contributed by atoms with Crippen molar-refractivity contribution in [1.29, 1.82) is 0 Å². The molecule has 0 atom stereocenters. The number of anilines is 1. The summed E-state index contributed by atoms with van der Waals surface area (Å²) in [5.74, 6) is -0.148. The maximum atomic E-state index is 12.4. The van der Waals surface area contributed by atoms with Crippen molar-refractivity contribution in [2.75, 3.05) is 11.9 Å². The van der Waals surface area contributed by atoms with Crippen LogP contribution < -0.4 is 10.6 Å². The van der Waals surface area contributed by atoms with E-state index in [-0.39, 0.29) is 10.9 Å². The van der Waals surface area contributed by atoms with Crippen molar-refractivity contribution in [1.82, 2.24) is 0 Å². The standard InChI is InChI=1S/C15H13ClN2OS/c1-18(13-5-3-2-4-12(13)14(17)20)15(19)10-6-8-11(16)9-7-10/h2-9H,1H3,(H2,17,20). The highest BCUT2D eigenvalue weighted by molar-refractivity contribution is 7.80. The number of benzene rings is 2. The Hall–Kier alpha value is -1.91. The van der Waals surface area contributed by atoms with E-state index in [0.717, 1.165) is 0 Å². The average molecular weight is 305 g/mol. The van der Waals surface area contributed by atoms with Crippen LogP contribution >= 0.6 is 23.8 Å². The zero-order valence-electron chi connectivity index (χ0n) is 10.8. The van der Waals surface area contributed by atoms with Gasteiger partial charge < -0.3 is 10.6 Å². The van der Waals surface area contributed by atoms with E-state index >= 15 is 0 Å². The third-order valence-corrected chi connectivity index (χ3v) is 3.40. The second-order valence-electron chi connectivity index (χ2n) is 4.25. The van der Waals surface area contributed by atoms with Gasteiger partial charge in [-0.2, -0.15) is 0 Å². The minimum Gasteiger partial charge on any atom is -0.389 e. The third-order valence-electron chi connectivity index (χ3n) is 2.93. The van der Waals surface area contributed by atoms with E-state index < -0.39 is 0 Å². The first-order valence-electron chi connectivity index (χ1n) is 5.93. The Balaban J connectivity index is 2.36. The first kappa shape index (κ1) is 14.5. The monoisotopic (exact) mass is 304 g/mol. The van der Waals surface area contributed by atoms with Gasteiger partial charge >= 0.3 is 0 Å².